The Kier molecular flexibility index (Phi) is 2.93. The van der Waals surface area contributed by atoms with Crippen LogP contribution in [0, 0.1) is 5.92 Å². The molecule has 1 fully saturated rings. The van der Waals surface area contributed by atoms with Crippen molar-refractivity contribution in [3.05, 3.63) is 18.3 Å². The number of rotatable bonds is 3. The van der Waals surface area contributed by atoms with Crippen LogP contribution in [-0.4, -0.2) is 35.0 Å². The van der Waals surface area contributed by atoms with Gasteiger partial charge in [0.25, 0.3) is 0 Å². The predicted molar refractivity (Wildman–Crippen MR) is 54.1 cm³/mol. The second-order valence-corrected chi connectivity index (χ2v) is 3.69. The lowest BCUT2D eigenvalue weighted by Crippen LogP contribution is -2.21. The topological polar surface area (TPSA) is 49.2 Å². The van der Waals surface area contributed by atoms with Crippen LogP contribution in [0.25, 0.3) is 0 Å². The summed E-state index contributed by atoms with van der Waals surface area (Å²) in [6, 6.07) is 3.88. The molecule has 1 saturated heterocycles. The number of aliphatic hydroxyl groups is 1. The summed E-state index contributed by atoms with van der Waals surface area (Å²) >= 11 is 0. The van der Waals surface area contributed by atoms with Gasteiger partial charge in [0, 0.05) is 25.9 Å². The fourth-order valence-electron chi connectivity index (χ4n) is 1.92. The molecule has 0 saturated carbocycles. The lowest BCUT2D eigenvalue weighted by atomic mass is 10.1. The number of hydrogen-bond donors (Lipinski definition) is 1. The smallest absolute Gasteiger partial charge is 0.151 e. The molecule has 14 heavy (non-hydrogen) atoms. The first kappa shape index (κ1) is 9.40. The molecule has 1 aromatic rings. The van der Waals surface area contributed by atoms with Crippen molar-refractivity contribution in [2.24, 2.45) is 5.92 Å². The van der Waals surface area contributed by atoms with Crippen molar-refractivity contribution in [3.8, 4) is 0 Å². The molecule has 0 radical (unpaired) electrons. The van der Waals surface area contributed by atoms with Gasteiger partial charge in [0.1, 0.15) is 0 Å². The summed E-state index contributed by atoms with van der Waals surface area (Å²) < 4.78 is 0. The first-order chi connectivity index (χ1) is 6.90. The van der Waals surface area contributed by atoms with E-state index in [2.05, 4.69) is 15.1 Å². The molecule has 0 aromatic carbocycles. The van der Waals surface area contributed by atoms with Crippen molar-refractivity contribution in [2.45, 2.75) is 12.8 Å². The van der Waals surface area contributed by atoms with E-state index in [9.17, 15) is 0 Å². The van der Waals surface area contributed by atoms with Gasteiger partial charge in [-0.3, -0.25) is 0 Å². The molecule has 1 aliphatic heterocycles. The maximum Gasteiger partial charge on any atom is 0.151 e. The fourth-order valence-corrected chi connectivity index (χ4v) is 1.92. The Morgan fingerprint density at radius 1 is 1.57 bits per heavy atom. The monoisotopic (exact) mass is 193 g/mol. The van der Waals surface area contributed by atoms with Gasteiger partial charge in [-0.25, -0.2) is 0 Å². The first-order valence-corrected chi connectivity index (χ1v) is 5.03. The van der Waals surface area contributed by atoms with E-state index < -0.39 is 0 Å². The molecule has 0 spiro atoms. The van der Waals surface area contributed by atoms with Gasteiger partial charge in [0.05, 0.1) is 0 Å². The molecule has 4 heteroatoms. The van der Waals surface area contributed by atoms with Gasteiger partial charge >= 0.3 is 0 Å². The molecule has 76 valence electrons. The summed E-state index contributed by atoms with van der Waals surface area (Å²) in [6.45, 7) is 2.32. The molecule has 2 heterocycles. The van der Waals surface area contributed by atoms with Gasteiger partial charge in [-0.05, 0) is 30.9 Å². The van der Waals surface area contributed by atoms with E-state index in [1.165, 1.54) is 0 Å². The van der Waals surface area contributed by atoms with Gasteiger partial charge < -0.3 is 10.0 Å². The highest BCUT2D eigenvalue weighted by Crippen LogP contribution is 2.23. The van der Waals surface area contributed by atoms with Crippen LogP contribution in [0.15, 0.2) is 18.3 Å². The van der Waals surface area contributed by atoms with Crippen molar-refractivity contribution in [1.29, 1.82) is 0 Å². The van der Waals surface area contributed by atoms with Gasteiger partial charge in [0.15, 0.2) is 5.82 Å². The summed E-state index contributed by atoms with van der Waals surface area (Å²) in [5.74, 6) is 1.56. The van der Waals surface area contributed by atoms with Crippen LogP contribution < -0.4 is 4.90 Å². The molecule has 1 unspecified atom stereocenters. The molecule has 4 nitrogen and oxygen atoms in total. The van der Waals surface area contributed by atoms with Crippen molar-refractivity contribution in [1.82, 2.24) is 10.2 Å². The molecule has 1 aliphatic rings. The standard InChI is InChI=1S/C10H15N3O/c14-7-4-9-3-6-13(8-9)10-2-1-5-11-12-10/h1-2,5,9,14H,3-4,6-8H2. The summed E-state index contributed by atoms with van der Waals surface area (Å²) in [5.41, 5.74) is 0. The van der Waals surface area contributed by atoms with E-state index in [0.29, 0.717) is 12.5 Å². The fraction of sp³-hybridized carbons (Fsp3) is 0.600. The van der Waals surface area contributed by atoms with Crippen molar-refractivity contribution in [3.63, 3.8) is 0 Å². The predicted octanol–water partition coefficient (Wildman–Crippen LogP) is 0.685. The quantitative estimate of drug-likeness (QED) is 0.767. The minimum Gasteiger partial charge on any atom is -0.396 e. The molecule has 1 N–H and O–H groups in total. The zero-order chi connectivity index (χ0) is 9.80. The lowest BCUT2D eigenvalue weighted by molar-refractivity contribution is 0.263. The normalized spacial score (nSPS) is 21.5. The molecule has 1 aromatic heterocycles. The number of aromatic nitrogens is 2. The Balaban J connectivity index is 1.96. The van der Waals surface area contributed by atoms with E-state index >= 15 is 0 Å². The third-order valence-corrected chi connectivity index (χ3v) is 2.71. The Morgan fingerprint density at radius 3 is 3.21 bits per heavy atom. The van der Waals surface area contributed by atoms with Crippen LogP contribution in [0.5, 0.6) is 0 Å². The number of nitrogens with zero attached hydrogens (tertiary/aromatic N) is 3. The highest BCUT2D eigenvalue weighted by atomic mass is 16.3. The Labute approximate surface area is 83.6 Å². The van der Waals surface area contributed by atoms with Crippen molar-refractivity contribution in [2.75, 3.05) is 24.6 Å². The van der Waals surface area contributed by atoms with Gasteiger partial charge in [-0.15, -0.1) is 5.10 Å². The van der Waals surface area contributed by atoms with Crippen LogP contribution in [0.1, 0.15) is 12.8 Å². The van der Waals surface area contributed by atoms with E-state index in [4.69, 9.17) is 5.11 Å². The summed E-state index contributed by atoms with van der Waals surface area (Å²) in [6.07, 6.45) is 3.73. The maximum atomic E-state index is 8.84. The largest absolute Gasteiger partial charge is 0.396 e. The zero-order valence-corrected chi connectivity index (χ0v) is 8.13. The zero-order valence-electron chi connectivity index (χ0n) is 8.13. The number of hydrogen-bond acceptors (Lipinski definition) is 4. The third kappa shape index (κ3) is 2.01. The lowest BCUT2D eigenvalue weighted by Gasteiger charge is -2.15. The minimum atomic E-state index is 0.291. The average molecular weight is 193 g/mol. The summed E-state index contributed by atoms with van der Waals surface area (Å²) in [5, 5.41) is 16.8. The molecule has 2 rings (SSSR count). The van der Waals surface area contributed by atoms with E-state index in [-0.39, 0.29) is 0 Å². The number of aliphatic hydroxyl groups excluding tert-OH is 1. The molecule has 0 aliphatic carbocycles. The molecular weight excluding hydrogens is 178 g/mol. The van der Waals surface area contributed by atoms with Crippen LogP contribution in [0.2, 0.25) is 0 Å². The van der Waals surface area contributed by atoms with Gasteiger partial charge in [0.2, 0.25) is 0 Å². The second kappa shape index (κ2) is 4.37. The minimum absolute atomic E-state index is 0.291. The van der Waals surface area contributed by atoms with Crippen LogP contribution in [0.3, 0.4) is 0 Å². The van der Waals surface area contributed by atoms with Crippen LogP contribution in [0.4, 0.5) is 5.82 Å². The molecular formula is C10H15N3O. The Bertz CT molecular complexity index is 278. The molecule has 1 atom stereocenters. The number of anilines is 1. The SMILES string of the molecule is OCCC1CCN(c2cccnn2)C1. The third-order valence-electron chi connectivity index (χ3n) is 2.71. The van der Waals surface area contributed by atoms with E-state index in [0.717, 1.165) is 31.7 Å². The average Bonchev–Trinajstić information content (AvgIpc) is 2.68. The van der Waals surface area contributed by atoms with Crippen molar-refractivity contribution < 1.29 is 5.11 Å². The van der Waals surface area contributed by atoms with Crippen LogP contribution in [-0.2, 0) is 0 Å². The van der Waals surface area contributed by atoms with E-state index in [1.807, 2.05) is 12.1 Å². The van der Waals surface area contributed by atoms with Crippen molar-refractivity contribution >= 4 is 5.82 Å². The van der Waals surface area contributed by atoms with Gasteiger partial charge in [-0.1, -0.05) is 0 Å². The Morgan fingerprint density at radius 2 is 2.50 bits per heavy atom. The Hall–Kier alpha value is -1.16. The molecule has 0 amide bonds. The van der Waals surface area contributed by atoms with E-state index in [1.54, 1.807) is 6.20 Å². The second-order valence-electron chi connectivity index (χ2n) is 3.69. The first-order valence-electron chi connectivity index (χ1n) is 5.03. The van der Waals surface area contributed by atoms with Crippen LogP contribution >= 0.6 is 0 Å². The molecule has 0 bridgehead atoms. The maximum absolute atomic E-state index is 8.84. The summed E-state index contributed by atoms with van der Waals surface area (Å²) in [7, 11) is 0. The van der Waals surface area contributed by atoms with Gasteiger partial charge in [-0.2, -0.15) is 5.10 Å². The highest BCUT2D eigenvalue weighted by molar-refractivity contribution is 5.37. The highest BCUT2D eigenvalue weighted by Gasteiger charge is 2.22. The summed E-state index contributed by atoms with van der Waals surface area (Å²) in [4.78, 5) is 2.23.